The number of nitrogens with one attached hydrogen (secondary N) is 1. The first kappa shape index (κ1) is 10.8. The van der Waals surface area contributed by atoms with E-state index in [1.165, 1.54) is 0 Å². The molecule has 0 unspecified atom stereocenters. The van der Waals surface area contributed by atoms with Crippen LogP contribution in [0.2, 0.25) is 0 Å². The van der Waals surface area contributed by atoms with E-state index in [9.17, 15) is 4.79 Å². The molecule has 0 saturated carbocycles. The van der Waals surface area contributed by atoms with Gasteiger partial charge in [0.2, 0.25) is 5.91 Å². The molecule has 1 aromatic carbocycles. The van der Waals surface area contributed by atoms with Crippen molar-refractivity contribution in [2.24, 2.45) is 0 Å². The van der Waals surface area contributed by atoms with Gasteiger partial charge in [-0.05, 0) is 11.6 Å². The predicted molar refractivity (Wildman–Crippen MR) is 59.4 cm³/mol. The van der Waals surface area contributed by atoms with Gasteiger partial charge in [-0.25, -0.2) is 0 Å². The summed E-state index contributed by atoms with van der Waals surface area (Å²) < 4.78 is 0.987. The molecule has 0 aromatic heterocycles. The van der Waals surface area contributed by atoms with Crippen molar-refractivity contribution in [1.82, 2.24) is 5.32 Å². The molecule has 1 amide bonds. The smallest absolute Gasteiger partial charge is 0.232 e. The highest BCUT2D eigenvalue weighted by Gasteiger charge is 2.00. The summed E-state index contributed by atoms with van der Waals surface area (Å²) in [5, 5.41) is 2.73. The molecule has 0 bridgehead atoms. The number of hydrogen-bond acceptors (Lipinski definition) is 1. The van der Waals surface area contributed by atoms with Gasteiger partial charge in [-0.1, -0.05) is 40.0 Å². The highest BCUT2D eigenvalue weighted by molar-refractivity contribution is 9.10. The predicted octanol–water partition coefficient (Wildman–Crippen LogP) is 2.09. The zero-order valence-corrected chi connectivity index (χ0v) is 9.17. The molecule has 0 aliphatic rings. The van der Waals surface area contributed by atoms with Crippen LogP contribution in [0.15, 0.2) is 28.7 Å². The van der Waals surface area contributed by atoms with Gasteiger partial charge in [0.05, 0.1) is 6.42 Å². The molecule has 0 heterocycles. The van der Waals surface area contributed by atoms with E-state index in [4.69, 9.17) is 6.42 Å². The SMILES string of the molecule is C#CCC(=O)NCc1ccccc1Br. The lowest BCUT2D eigenvalue weighted by molar-refractivity contribution is -0.120. The Morgan fingerprint density at radius 3 is 2.86 bits per heavy atom. The summed E-state index contributed by atoms with van der Waals surface area (Å²) in [6.07, 6.45) is 5.14. The van der Waals surface area contributed by atoms with Gasteiger partial charge >= 0.3 is 0 Å². The third kappa shape index (κ3) is 3.23. The van der Waals surface area contributed by atoms with Crippen LogP contribution in [-0.4, -0.2) is 5.91 Å². The molecule has 72 valence electrons. The number of amides is 1. The summed E-state index contributed by atoms with van der Waals surface area (Å²) >= 11 is 3.39. The summed E-state index contributed by atoms with van der Waals surface area (Å²) in [5.41, 5.74) is 1.04. The Kier molecular flexibility index (Phi) is 4.21. The van der Waals surface area contributed by atoms with Crippen LogP contribution >= 0.6 is 15.9 Å². The fourth-order valence-corrected chi connectivity index (χ4v) is 1.42. The second-order valence-corrected chi connectivity index (χ2v) is 3.60. The molecular formula is C11H10BrNO. The number of terminal acetylenes is 1. The van der Waals surface area contributed by atoms with E-state index in [0.717, 1.165) is 10.0 Å². The summed E-state index contributed by atoms with van der Waals surface area (Å²) in [4.78, 5) is 11.1. The molecule has 1 rings (SSSR count). The minimum Gasteiger partial charge on any atom is -0.351 e. The molecule has 2 nitrogen and oxygen atoms in total. The molecule has 1 N–H and O–H groups in total. The number of hydrogen-bond donors (Lipinski definition) is 1. The second-order valence-electron chi connectivity index (χ2n) is 2.75. The normalized spacial score (nSPS) is 9.14. The average molecular weight is 252 g/mol. The lowest BCUT2D eigenvalue weighted by Crippen LogP contribution is -2.21. The van der Waals surface area contributed by atoms with Crippen molar-refractivity contribution in [3.05, 3.63) is 34.3 Å². The molecule has 0 aliphatic heterocycles. The van der Waals surface area contributed by atoms with Crippen molar-refractivity contribution < 1.29 is 4.79 Å². The van der Waals surface area contributed by atoms with Gasteiger partial charge in [-0.2, -0.15) is 0 Å². The van der Waals surface area contributed by atoms with Gasteiger partial charge in [0.15, 0.2) is 0 Å². The van der Waals surface area contributed by atoms with E-state index in [2.05, 4.69) is 27.2 Å². The molecule has 1 aromatic rings. The van der Waals surface area contributed by atoms with Gasteiger partial charge in [-0.3, -0.25) is 4.79 Å². The average Bonchev–Trinajstić information content (AvgIpc) is 2.17. The minimum atomic E-state index is -0.122. The minimum absolute atomic E-state index is 0.122. The number of rotatable bonds is 3. The maximum Gasteiger partial charge on any atom is 0.232 e. The Balaban J connectivity index is 2.51. The molecule has 3 heteroatoms. The number of carbonyl (C=O) groups is 1. The highest BCUT2D eigenvalue weighted by atomic mass is 79.9. The first-order valence-corrected chi connectivity index (χ1v) is 4.97. The summed E-state index contributed by atoms with van der Waals surface area (Å²) in [6.45, 7) is 0.502. The zero-order valence-electron chi connectivity index (χ0n) is 7.59. The van der Waals surface area contributed by atoms with Crippen molar-refractivity contribution in [3.63, 3.8) is 0 Å². The molecule has 0 saturated heterocycles. The third-order valence-electron chi connectivity index (χ3n) is 1.70. The summed E-state index contributed by atoms with van der Waals surface area (Å²) in [6, 6.07) is 7.73. The Labute approximate surface area is 91.8 Å². The van der Waals surface area contributed by atoms with Gasteiger partial charge in [0, 0.05) is 11.0 Å². The molecule has 0 fully saturated rings. The van der Waals surface area contributed by atoms with Crippen molar-refractivity contribution in [2.45, 2.75) is 13.0 Å². The molecule has 0 radical (unpaired) electrons. The molecular weight excluding hydrogens is 242 g/mol. The number of benzene rings is 1. The first-order valence-electron chi connectivity index (χ1n) is 4.17. The Hall–Kier alpha value is -1.27. The van der Waals surface area contributed by atoms with Crippen LogP contribution in [0, 0.1) is 12.3 Å². The van der Waals surface area contributed by atoms with Crippen LogP contribution in [0.3, 0.4) is 0 Å². The molecule has 0 spiro atoms. The Bertz CT molecular complexity index is 368. The van der Waals surface area contributed by atoms with Gasteiger partial charge < -0.3 is 5.32 Å². The summed E-state index contributed by atoms with van der Waals surface area (Å²) in [5.74, 6) is 2.17. The van der Waals surface area contributed by atoms with Crippen molar-refractivity contribution >= 4 is 21.8 Å². The molecule has 0 atom stereocenters. The van der Waals surface area contributed by atoms with Crippen LogP contribution in [0.4, 0.5) is 0 Å². The zero-order chi connectivity index (χ0) is 10.4. The topological polar surface area (TPSA) is 29.1 Å². The van der Waals surface area contributed by atoms with E-state index in [1.807, 2.05) is 24.3 Å². The standard InChI is InChI=1S/C11H10BrNO/c1-2-5-11(14)13-8-9-6-3-4-7-10(9)12/h1,3-4,6-7H,5,8H2,(H,13,14). The fourth-order valence-electron chi connectivity index (χ4n) is 0.991. The van der Waals surface area contributed by atoms with E-state index in [-0.39, 0.29) is 12.3 Å². The first-order chi connectivity index (χ1) is 6.74. The highest BCUT2D eigenvalue weighted by Crippen LogP contribution is 2.15. The quantitative estimate of drug-likeness (QED) is 0.820. The lowest BCUT2D eigenvalue weighted by Gasteiger charge is -2.04. The molecule has 0 aliphatic carbocycles. The van der Waals surface area contributed by atoms with E-state index >= 15 is 0 Å². The fraction of sp³-hybridized carbons (Fsp3) is 0.182. The Morgan fingerprint density at radius 1 is 1.50 bits per heavy atom. The second kappa shape index (κ2) is 5.46. The maximum absolute atomic E-state index is 11.1. The van der Waals surface area contributed by atoms with Crippen LogP contribution < -0.4 is 5.32 Å². The van der Waals surface area contributed by atoms with E-state index in [0.29, 0.717) is 6.54 Å². The van der Waals surface area contributed by atoms with E-state index < -0.39 is 0 Å². The maximum atomic E-state index is 11.1. The number of halogens is 1. The molecule has 14 heavy (non-hydrogen) atoms. The van der Waals surface area contributed by atoms with E-state index in [1.54, 1.807) is 0 Å². The Morgan fingerprint density at radius 2 is 2.21 bits per heavy atom. The van der Waals surface area contributed by atoms with Crippen LogP contribution in [0.25, 0.3) is 0 Å². The van der Waals surface area contributed by atoms with Crippen molar-refractivity contribution in [1.29, 1.82) is 0 Å². The van der Waals surface area contributed by atoms with Crippen LogP contribution in [-0.2, 0) is 11.3 Å². The monoisotopic (exact) mass is 251 g/mol. The largest absolute Gasteiger partial charge is 0.351 e. The van der Waals surface area contributed by atoms with Crippen LogP contribution in [0.1, 0.15) is 12.0 Å². The third-order valence-corrected chi connectivity index (χ3v) is 2.47. The van der Waals surface area contributed by atoms with Gasteiger partial charge in [-0.15, -0.1) is 6.42 Å². The number of carbonyl (C=O) groups excluding carboxylic acids is 1. The van der Waals surface area contributed by atoms with Gasteiger partial charge in [0.1, 0.15) is 0 Å². The van der Waals surface area contributed by atoms with Crippen molar-refractivity contribution in [3.8, 4) is 12.3 Å². The summed E-state index contributed by atoms with van der Waals surface area (Å²) in [7, 11) is 0. The van der Waals surface area contributed by atoms with Gasteiger partial charge in [0.25, 0.3) is 0 Å². The lowest BCUT2D eigenvalue weighted by atomic mass is 10.2. The van der Waals surface area contributed by atoms with Crippen molar-refractivity contribution in [2.75, 3.05) is 0 Å². The van der Waals surface area contributed by atoms with Crippen LogP contribution in [0.5, 0.6) is 0 Å².